The van der Waals surface area contributed by atoms with Crippen LogP contribution in [0, 0.1) is 6.92 Å². The average molecular weight is 267 g/mol. The van der Waals surface area contributed by atoms with Crippen molar-refractivity contribution in [2.24, 2.45) is 0 Å². The third-order valence-electron chi connectivity index (χ3n) is 3.43. The van der Waals surface area contributed by atoms with E-state index < -0.39 is 0 Å². The van der Waals surface area contributed by atoms with Crippen molar-refractivity contribution < 1.29 is 4.74 Å². The molecule has 0 spiro atoms. The fourth-order valence-electron chi connectivity index (χ4n) is 2.31. The van der Waals surface area contributed by atoms with E-state index in [-0.39, 0.29) is 0 Å². The van der Waals surface area contributed by atoms with Crippen molar-refractivity contribution in [3.05, 3.63) is 5.69 Å². The number of nitrogens with one attached hydrogen (secondary N) is 1. The highest BCUT2D eigenvalue weighted by Gasteiger charge is 2.13. The molecular formula is C13H25N5O. The van der Waals surface area contributed by atoms with E-state index in [1.807, 2.05) is 11.6 Å². The van der Waals surface area contributed by atoms with E-state index in [2.05, 4.69) is 22.2 Å². The molecule has 0 aromatic carbocycles. The van der Waals surface area contributed by atoms with Gasteiger partial charge in [-0.1, -0.05) is 6.92 Å². The first-order chi connectivity index (χ1) is 9.22. The zero-order chi connectivity index (χ0) is 13.7. The summed E-state index contributed by atoms with van der Waals surface area (Å²) in [6, 6.07) is 0. The molecular weight excluding hydrogens is 242 g/mol. The lowest BCUT2D eigenvalue weighted by Gasteiger charge is -2.26. The molecule has 0 bridgehead atoms. The molecule has 6 nitrogen and oxygen atoms in total. The van der Waals surface area contributed by atoms with Gasteiger partial charge in [0.15, 0.2) is 0 Å². The molecule has 0 unspecified atom stereocenters. The number of hydrogen-bond donors (Lipinski definition) is 2. The molecule has 2 heterocycles. The normalized spacial score (nSPS) is 16.7. The minimum Gasteiger partial charge on any atom is -0.394 e. The molecule has 0 amide bonds. The SMILES string of the molecule is CCCn1nc(C)c(N)c1NCCN1CCOCC1. The largest absolute Gasteiger partial charge is 0.394 e. The molecule has 1 aromatic rings. The average Bonchev–Trinajstić information content (AvgIpc) is 2.68. The second kappa shape index (κ2) is 6.77. The lowest BCUT2D eigenvalue weighted by Crippen LogP contribution is -2.39. The number of hydrogen-bond acceptors (Lipinski definition) is 5. The van der Waals surface area contributed by atoms with Gasteiger partial charge in [0.1, 0.15) is 5.82 Å². The lowest BCUT2D eigenvalue weighted by atomic mass is 10.3. The maximum atomic E-state index is 6.07. The highest BCUT2D eigenvalue weighted by Crippen LogP contribution is 2.22. The standard InChI is InChI=1S/C13H25N5O/c1-3-5-18-13(12(14)11(2)16-18)15-4-6-17-7-9-19-10-8-17/h15H,3-10,14H2,1-2H3. The maximum Gasteiger partial charge on any atom is 0.148 e. The highest BCUT2D eigenvalue weighted by molar-refractivity contribution is 5.64. The van der Waals surface area contributed by atoms with Crippen LogP contribution in [0.25, 0.3) is 0 Å². The Morgan fingerprint density at radius 1 is 1.32 bits per heavy atom. The van der Waals surface area contributed by atoms with Gasteiger partial charge < -0.3 is 15.8 Å². The fourth-order valence-corrected chi connectivity index (χ4v) is 2.31. The smallest absolute Gasteiger partial charge is 0.148 e. The second-order valence-corrected chi connectivity index (χ2v) is 4.95. The number of nitrogens with two attached hydrogens (primary N) is 1. The predicted octanol–water partition coefficient (Wildman–Crippen LogP) is 0.928. The summed E-state index contributed by atoms with van der Waals surface area (Å²) in [6.45, 7) is 10.6. The van der Waals surface area contributed by atoms with E-state index in [1.54, 1.807) is 0 Å². The summed E-state index contributed by atoms with van der Waals surface area (Å²) in [5.41, 5.74) is 7.75. The highest BCUT2D eigenvalue weighted by atomic mass is 16.5. The molecule has 6 heteroatoms. The van der Waals surface area contributed by atoms with Crippen molar-refractivity contribution in [3.63, 3.8) is 0 Å². The van der Waals surface area contributed by atoms with Gasteiger partial charge in [0, 0.05) is 32.7 Å². The van der Waals surface area contributed by atoms with Gasteiger partial charge in [0.25, 0.3) is 0 Å². The van der Waals surface area contributed by atoms with Crippen LogP contribution >= 0.6 is 0 Å². The molecule has 1 aromatic heterocycles. The van der Waals surface area contributed by atoms with Crippen LogP contribution in [0.15, 0.2) is 0 Å². The van der Waals surface area contributed by atoms with Crippen molar-refractivity contribution in [1.82, 2.24) is 14.7 Å². The van der Waals surface area contributed by atoms with Crippen LogP contribution in [0.5, 0.6) is 0 Å². The maximum absolute atomic E-state index is 6.07. The van der Waals surface area contributed by atoms with Crippen LogP contribution in [-0.2, 0) is 11.3 Å². The van der Waals surface area contributed by atoms with Crippen LogP contribution in [-0.4, -0.2) is 54.1 Å². The lowest BCUT2D eigenvalue weighted by molar-refractivity contribution is 0.0398. The number of aryl methyl sites for hydroxylation is 2. The van der Waals surface area contributed by atoms with Gasteiger partial charge in [0.2, 0.25) is 0 Å². The number of anilines is 2. The summed E-state index contributed by atoms with van der Waals surface area (Å²) in [6.07, 6.45) is 1.05. The molecule has 0 radical (unpaired) electrons. The Hall–Kier alpha value is -1.27. The molecule has 2 rings (SSSR count). The number of ether oxygens (including phenoxy) is 1. The molecule has 0 aliphatic carbocycles. The molecule has 3 N–H and O–H groups in total. The predicted molar refractivity (Wildman–Crippen MR) is 77.4 cm³/mol. The summed E-state index contributed by atoms with van der Waals surface area (Å²) in [4.78, 5) is 2.40. The van der Waals surface area contributed by atoms with E-state index in [4.69, 9.17) is 10.5 Å². The van der Waals surface area contributed by atoms with Crippen LogP contribution in [0.2, 0.25) is 0 Å². The molecule has 0 saturated carbocycles. The molecule has 108 valence electrons. The molecule has 1 fully saturated rings. The third kappa shape index (κ3) is 3.61. The van der Waals surface area contributed by atoms with E-state index in [0.717, 1.165) is 69.6 Å². The minimum absolute atomic E-state index is 0.774. The van der Waals surface area contributed by atoms with Crippen molar-refractivity contribution in [3.8, 4) is 0 Å². The quantitative estimate of drug-likeness (QED) is 0.802. The van der Waals surface area contributed by atoms with Crippen LogP contribution in [0.1, 0.15) is 19.0 Å². The van der Waals surface area contributed by atoms with E-state index in [1.165, 1.54) is 0 Å². The third-order valence-corrected chi connectivity index (χ3v) is 3.43. The van der Waals surface area contributed by atoms with Crippen molar-refractivity contribution in [2.75, 3.05) is 50.4 Å². The Labute approximate surface area is 114 Å². The first-order valence-electron chi connectivity index (χ1n) is 7.09. The van der Waals surface area contributed by atoms with Crippen LogP contribution in [0.4, 0.5) is 11.5 Å². The Morgan fingerprint density at radius 2 is 2.05 bits per heavy atom. The van der Waals surface area contributed by atoms with Crippen molar-refractivity contribution in [2.45, 2.75) is 26.8 Å². The monoisotopic (exact) mass is 267 g/mol. The topological polar surface area (TPSA) is 68.3 Å². The molecule has 1 aliphatic rings. The van der Waals surface area contributed by atoms with Gasteiger partial charge in [-0.05, 0) is 13.3 Å². The first-order valence-corrected chi connectivity index (χ1v) is 7.09. The van der Waals surface area contributed by atoms with E-state index in [9.17, 15) is 0 Å². The van der Waals surface area contributed by atoms with Crippen molar-refractivity contribution in [1.29, 1.82) is 0 Å². The van der Waals surface area contributed by atoms with Crippen LogP contribution < -0.4 is 11.1 Å². The van der Waals surface area contributed by atoms with Gasteiger partial charge in [-0.15, -0.1) is 0 Å². The van der Waals surface area contributed by atoms with Crippen molar-refractivity contribution >= 4 is 11.5 Å². The van der Waals surface area contributed by atoms with Gasteiger partial charge in [-0.2, -0.15) is 5.10 Å². The Morgan fingerprint density at radius 3 is 2.74 bits per heavy atom. The van der Waals surface area contributed by atoms with Gasteiger partial charge in [0.05, 0.1) is 24.6 Å². The minimum atomic E-state index is 0.774. The van der Waals surface area contributed by atoms with E-state index in [0.29, 0.717) is 0 Å². The molecule has 0 atom stereocenters. The molecule has 19 heavy (non-hydrogen) atoms. The molecule has 1 aliphatic heterocycles. The molecule has 1 saturated heterocycles. The summed E-state index contributed by atoms with van der Waals surface area (Å²) >= 11 is 0. The summed E-state index contributed by atoms with van der Waals surface area (Å²) in [5.74, 6) is 0.965. The van der Waals surface area contributed by atoms with Crippen LogP contribution in [0.3, 0.4) is 0 Å². The number of nitrogen functional groups attached to an aromatic ring is 1. The summed E-state index contributed by atoms with van der Waals surface area (Å²) in [5, 5.41) is 7.89. The van der Waals surface area contributed by atoms with E-state index >= 15 is 0 Å². The Bertz CT molecular complexity index is 398. The fraction of sp³-hybridized carbons (Fsp3) is 0.769. The zero-order valence-electron chi connectivity index (χ0n) is 12.0. The number of morpholine rings is 1. The van der Waals surface area contributed by atoms with Gasteiger partial charge in [-0.25, -0.2) is 4.68 Å². The Balaban J connectivity index is 1.87. The number of nitrogens with zero attached hydrogens (tertiary/aromatic N) is 3. The zero-order valence-corrected chi connectivity index (χ0v) is 12.0. The van der Waals surface area contributed by atoms with Gasteiger partial charge >= 0.3 is 0 Å². The number of aromatic nitrogens is 2. The summed E-state index contributed by atoms with van der Waals surface area (Å²) < 4.78 is 7.32. The Kier molecular flexibility index (Phi) is 5.04. The summed E-state index contributed by atoms with van der Waals surface area (Å²) in [7, 11) is 0. The first kappa shape index (κ1) is 14.1. The number of rotatable bonds is 6. The second-order valence-electron chi connectivity index (χ2n) is 4.95. The van der Waals surface area contributed by atoms with Gasteiger partial charge in [-0.3, -0.25) is 4.90 Å².